The molecule has 0 aliphatic carbocycles. The van der Waals surface area contributed by atoms with Gasteiger partial charge in [0.2, 0.25) is 0 Å². The third-order valence-corrected chi connectivity index (χ3v) is 18.4. The fourth-order valence-corrected chi connectivity index (χ4v) is 16.6. The van der Waals surface area contributed by atoms with Gasteiger partial charge in [-0.3, -0.25) is 0 Å². The van der Waals surface area contributed by atoms with E-state index in [2.05, 4.69) is 62.6 Å². The molecular formula is C50H68N2O3Si2. The molecule has 5 nitrogen and oxygen atoms in total. The molecular weight excluding hydrogens is 733 g/mol. The van der Waals surface area contributed by atoms with Crippen molar-refractivity contribution in [3.63, 3.8) is 0 Å². The van der Waals surface area contributed by atoms with Crippen LogP contribution in [0.15, 0.2) is 97.1 Å². The summed E-state index contributed by atoms with van der Waals surface area (Å²) in [7, 11) is -3.20. The summed E-state index contributed by atoms with van der Waals surface area (Å²) in [4.78, 5) is 0. The van der Waals surface area contributed by atoms with Gasteiger partial charge in [-0.05, 0) is 122 Å². The van der Waals surface area contributed by atoms with Gasteiger partial charge in [-0.15, -0.1) is 0 Å². The Morgan fingerprint density at radius 3 is 0.930 bits per heavy atom. The lowest BCUT2D eigenvalue weighted by molar-refractivity contribution is 0.304. The Kier molecular flexibility index (Phi) is 20.2. The monoisotopic (exact) mass is 800 g/mol. The maximum atomic E-state index is 9.00. The molecule has 4 aromatic carbocycles. The number of unbranched alkanes of at least 4 members (excludes halogenated alkanes) is 14. The Balaban J connectivity index is 0.913. The summed E-state index contributed by atoms with van der Waals surface area (Å²) >= 11 is 0. The predicted octanol–water partition coefficient (Wildman–Crippen LogP) is 14.9. The molecule has 0 spiro atoms. The standard InChI is InChI=1S/C50H68N2O3Si2/c1-56(2,39-19-15-11-7-5-9-13-17-37-53-49-33-29-47(30-34-49)45-25-21-43(41-51)22-26-45)55-57(3,4)40-20-16-12-8-6-10-14-18-38-54-50-35-31-48(32-36-50)46-27-23-44(42-52)24-28-46/h21-36H,5-20,37-40H2,1-4H3. The second-order valence-corrected chi connectivity index (χ2v) is 25.8. The minimum atomic E-state index is -1.60. The molecule has 0 aromatic heterocycles. The summed E-state index contributed by atoms with van der Waals surface area (Å²) in [5.41, 5.74) is 5.87. The number of hydrogen-bond donors (Lipinski definition) is 0. The lowest BCUT2D eigenvalue weighted by atomic mass is 10.0. The highest BCUT2D eigenvalue weighted by Gasteiger charge is 2.32. The van der Waals surface area contributed by atoms with Crippen molar-refractivity contribution in [3.05, 3.63) is 108 Å². The first kappa shape index (κ1) is 45.6. The molecule has 0 unspecified atom stereocenters. The van der Waals surface area contributed by atoms with E-state index in [4.69, 9.17) is 24.1 Å². The maximum Gasteiger partial charge on any atom is 0.173 e. The van der Waals surface area contributed by atoms with Gasteiger partial charge in [0.1, 0.15) is 11.5 Å². The van der Waals surface area contributed by atoms with E-state index < -0.39 is 16.6 Å². The fourth-order valence-electron chi connectivity index (χ4n) is 7.62. The van der Waals surface area contributed by atoms with E-state index in [0.29, 0.717) is 11.1 Å². The second-order valence-electron chi connectivity index (χ2n) is 16.9. The molecule has 57 heavy (non-hydrogen) atoms. The van der Waals surface area contributed by atoms with Crippen LogP contribution in [0.25, 0.3) is 22.3 Å². The Morgan fingerprint density at radius 1 is 0.368 bits per heavy atom. The van der Waals surface area contributed by atoms with Gasteiger partial charge in [0.25, 0.3) is 0 Å². The van der Waals surface area contributed by atoms with Gasteiger partial charge in [-0.1, -0.05) is 138 Å². The van der Waals surface area contributed by atoms with Crippen LogP contribution >= 0.6 is 0 Å². The number of ether oxygens (including phenoxy) is 2. The van der Waals surface area contributed by atoms with Crippen LogP contribution in [-0.4, -0.2) is 29.8 Å². The van der Waals surface area contributed by atoms with E-state index >= 15 is 0 Å². The molecule has 0 amide bonds. The zero-order valence-electron chi connectivity index (χ0n) is 35.5. The number of rotatable bonds is 28. The quantitative estimate of drug-likeness (QED) is 0.0422. The zero-order valence-corrected chi connectivity index (χ0v) is 37.5. The van der Waals surface area contributed by atoms with Crippen molar-refractivity contribution >= 4 is 16.6 Å². The van der Waals surface area contributed by atoms with Crippen molar-refractivity contribution in [1.82, 2.24) is 0 Å². The molecule has 0 atom stereocenters. The Labute approximate surface area is 347 Å². The van der Waals surface area contributed by atoms with Crippen LogP contribution in [-0.2, 0) is 4.12 Å². The molecule has 4 rings (SSSR count). The molecule has 7 heteroatoms. The average molecular weight is 801 g/mol. The highest BCUT2D eigenvalue weighted by Crippen LogP contribution is 2.27. The Bertz CT molecular complexity index is 1640. The largest absolute Gasteiger partial charge is 0.494 e. The van der Waals surface area contributed by atoms with Gasteiger partial charge >= 0.3 is 0 Å². The van der Waals surface area contributed by atoms with Crippen LogP contribution in [0.2, 0.25) is 38.3 Å². The second kappa shape index (κ2) is 25.3. The molecule has 0 fully saturated rings. The van der Waals surface area contributed by atoms with Crippen molar-refractivity contribution in [2.24, 2.45) is 0 Å². The Hall–Kier alpha value is -4.15. The van der Waals surface area contributed by atoms with Gasteiger partial charge in [-0.25, -0.2) is 0 Å². The average Bonchev–Trinajstić information content (AvgIpc) is 3.22. The summed E-state index contributed by atoms with van der Waals surface area (Å²) in [6.07, 6.45) is 20.6. The van der Waals surface area contributed by atoms with Crippen molar-refractivity contribution < 1.29 is 13.6 Å². The normalized spacial score (nSPS) is 11.5. The molecule has 4 aromatic rings. The third-order valence-electron chi connectivity index (χ3n) is 10.8. The predicted molar refractivity (Wildman–Crippen MR) is 244 cm³/mol. The van der Waals surface area contributed by atoms with Gasteiger partial charge < -0.3 is 13.6 Å². The first-order valence-electron chi connectivity index (χ1n) is 21.8. The molecule has 0 heterocycles. The van der Waals surface area contributed by atoms with Gasteiger partial charge in [0.05, 0.1) is 36.5 Å². The van der Waals surface area contributed by atoms with E-state index in [0.717, 1.165) is 59.8 Å². The van der Waals surface area contributed by atoms with Gasteiger partial charge in [0.15, 0.2) is 16.6 Å². The highest BCUT2D eigenvalue weighted by atomic mass is 28.4. The van der Waals surface area contributed by atoms with E-state index in [9.17, 15) is 0 Å². The first-order valence-corrected chi connectivity index (χ1v) is 28.1. The molecule has 304 valence electrons. The van der Waals surface area contributed by atoms with Crippen LogP contribution in [0.5, 0.6) is 11.5 Å². The minimum Gasteiger partial charge on any atom is -0.494 e. The lowest BCUT2D eigenvalue weighted by Crippen LogP contribution is -2.44. The number of benzene rings is 4. The van der Waals surface area contributed by atoms with Crippen molar-refractivity contribution in [2.45, 2.75) is 141 Å². The SMILES string of the molecule is C[Si](C)(CCCCCCCCCCOc1ccc(-c2ccc(C#N)cc2)cc1)O[Si](C)(C)CCCCCCCCCCOc1ccc(-c2ccc(C#N)cc2)cc1. The smallest absolute Gasteiger partial charge is 0.173 e. The Morgan fingerprint density at radius 2 is 0.632 bits per heavy atom. The van der Waals surface area contributed by atoms with Crippen molar-refractivity contribution in [3.8, 4) is 45.9 Å². The summed E-state index contributed by atoms with van der Waals surface area (Å²) in [6, 6.07) is 38.8. The number of hydrogen-bond acceptors (Lipinski definition) is 5. The summed E-state index contributed by atoms with van der Waals surface area (Å²) in [5, 5.41) is 18.0. The number of nitrogens with zero attached hydrogens (tertiary/aromatic N) is 2. The fraction of sp³-hybridized carbons (Fsp3) is 0.480. The third kappa shape index (κ3) is 18.3. The van der Waals surface area contributed by atoms with Crippen LogP contribution in [0, 0.1) is 22.7 Å². The van der Waals surface area contributed by atoms with E-state index in [1.807, 2.05) is 72.8 Å². The molecule has 0 radical (unpaired) electrons. The molecule has 0 saturated carbocycles. The maximum absolute atomic E-state index is 9.00. The molecule has 0 N–H and O–H groups in total. The number of nitriles is 2. The van der Waals surface area contributed by atoms with Crippen LogP contribution < -0.4 is 9.47 Å². The molecule has 0 saturated heterocycles. The van der Waals surface area contributed by atoms with E-state index in [-0.39, 0.29) is 0 Å². The highest BCUT2D eigenvalue weighted by molar-refractivity contribution is 6.84. The topological polar surface area (TPSA) is 75.3 Å². The van der Waals surface area contributed by atoms with E-state index in [1.54, 1.807) is 0 Å². The van der Waals surface area contributed by atoms with Crippen LogP contribution in [0.4, 0.5) is 0 Å². The molecule has 0 bridgehead atoms. The van der Waals surface area contributed by atoms with E-state index in [1.165, 1.54) is 102 Å². The summed E-state index contributed by atoms with van der Waals surface area (Å²) in [6.45, 7) is 11.4. The molecule has 0 aliphatic rings. The first-order chi connectivity index (χ1) is 27.7. The summed E-state index contributed by atoms with van der Waals surface area (Å²) < 4.78 is 18.9. The van der Waals surface area contributed by atoms with Gasteiger partial charge in [0, 0.05) is 0 Å². The van der Waals surface area contributed by atoms with Crippen molar-refractivity contribution in [2.75, 3.05) is 13.2 Å². The van der Waals surface area contributed by atoms with Crippen LogP contribution in [0.1, 0.15) is 114 Å². The minimum absolute atomic E-state index is 0.684. The lowest BCUT2D eigenvalue weighted by Gasteiger charge is -2.34. The van der Waals surface area contributed by atoms with Crippen LogP contribution in [0.3, 0.4) is 0 Å². The van der Waals surface area contributed by atoms with Gasteiger partial charge in [-0.2, -0.15) is 10.5 Å². The van der Waals surface area contributed by atoms with Crippen molar-refractivity contribution in [1.29, 1.82) is 10.5 Å². The zero-order chi connectivity index (χ0) is 40.6. The summed E-state index contributed by atoms with van der Waals surface area (Å²) in [5.74, 6) is 1.85. The molecule has 0 aliphatic heterocycles.